The summed E-state index contributed by atoms with van der Waals surface area (Å²) in [6.45, 7) is 0. The normalized spacial score (nSPS) is 18.7. The van der Waals surface area contributed by atoms with Crippen molar-refractivity contribution >= 4 is 41.1 Å². The minimum Gasteiger partial charge on any atom is -0.388 e. The Morgan fingerprint density at radius 2 is 1.96 bits per heavy atom. The smallest absolute Gasteiger partial charge is 0.226 e. The van der Waals surface area contributed by atoms with Crippen molar-refractivity contribution in [3.05, 3.63) is 35.5 Å². The standard InChI is InChI=1S/C16H15N5O3/c1-17-9-2-4-10(5-3-9)19-15-13-11(6-7-12(23)20-13)14(24)16(21-15)18-8-22/h2-5,8,17H,6-7H2,1H3,(H,20,23)(H,18,19,21,22). The summed E-state index contributed by atoms with van der Waals surface area (Å²) in [5.41, 5.74) is 2.25. The van der Waals surface area contributed by atoms with Crippen LogP contribution >= 0.6 is 0 Å². The molecule has 2 aliphatic heterocycles. The van der Waals surface area contributed by atoms with Gasteiger partial charge < -0.3 is 16.0 Å². The molecule has 24 heavy (non-hydrogen) atoms. The van der Waals surface area contributed by atoms with E-state index in [-0.39, 0.29) is 30.4 Å². The van der Waals surface area contributed by atoms with Gasteiger partial charge in [-0.3, -0.25) is 14.4 Å². The van der Waals surface area contributed by atoms with E-state index in [0.29, 0.717) is 23.4 Å². The largest absolute Gasteiger partial charge is 0.388 e. The third-order valence-corrected chi connectivity index (χ3v) is 3.69. The van der Waals surface area contributed by atoms with E-state index in [2.05, 4.69) is 25.9 Å². The molecule has 0 radical (unpaired) electrons. The monoisotopic (exact) mass is 325 g/mol. The van der Waals surface area contributed by atoms with E-state index in [1.165, 1.54) is 0 Å². The molecule has 3 N–H and O–H groups in total. The van der Waals surface area contributed by atoms with E-state index in [1.807, 2.05) is 19.2 Å². The first-order chi connectivity index (χ1) is 11.6. The molecule has 0 aromatic heterocycles. The minimum absolute atomic E-state index is 0.0921. The lowest BCUT2D eigenvalue weighted by molar-refractivity contribution is -0.120. The average Bonchev–Trinajstić information content (AvgIpc) is 2.59. The Hall–Kier alpha value is -3.29. The molecule has 8 heteroatoms. The molecule has 1 aromatic rings. The number of aliphatic imine (C=N–C) groups is 2. The van der Waals surface area contributed by atoms with Crippen molar-refractivity contribution in [3.8, 4) is 0 Å². The number of rotatable bonds is 3. The van der Waals surface area contributed by atoms with Crippen LogP contribution < -0.4 is 16.0 Å². The molecule has 0 spiro atoms. The molecule has 0 bridgehead atoms. The van der Waals surface area contributed by atoms with E-state index in [0.717, 1.165) is 5.69 Å². The van der Waals surface area contributed by atoms with Gasteiger partial charge in [0, 0.05) is 24.7 Å². The van der Waals surface area contributed by atoms with Crippen molar-refractivity contribution in [3.63, 3.8) is 0 Å². The highest BCUT2D eigenvalue weighted by molar-refractivity contribution is 6.50. The number of ketones is 1. The number of amidine groups is 2. The molecule has 2 heterocycles. The Morgan fingerprint density at radius 3 is 2.62 bits per heavy atom. The lowest BCUT2D eigenvalue weighted by Gasteiger charge is -2.24. The third kappa shape index (κ3) is 2.94. The summed E-state index contributed by atoms with van der Waals surface area (Å²) < 4.78 is 0. The number of anilines is 1. The quantitative estimate of drug-likeness (QED) is 0.708. The van der Waals surface area contributed by atoms with Crippen LogP contribution in [0.5, 0.6) is 0 Å². The molecule has 0 atom stereocenters. The average molecular weight is 325 g/mol. The predicted molar refractivity (Wildman–Crippen MR) is 89.1 cm³/mol. The maximum atomic E-state index is 12.3. The summed E-state index contributed by atoms with van der Waals surface area (Å²) in [7, 11) is 1.81. The van der Waals surface area contributed by atoms with E-state index >= 15 is 0 Å². The number of hydrogen-bond acceptors (Lipinski definition) is 5. The van der Waals surface area contributed by atoms with Crippen LogP contribution in [-0.2, 0) is 14.4 Å². The lowest BCUT2D eigenvalue weighted by atomic mass is 9.96. The molecule has 122 valence electrons. The van der Waals surface area contributed by atoms with Crippen molar-refractivity contribution < 1.29 is 14.4 Å². The summed E-state index contributed by atoms with van der Waals surface area (Å²) in [4.78, 5) is 43.2. The van der Waals surface area contributed by atoms with Crippen molar-refractivity contribution in [2.45, 2.75) is 12.8 Å². The molecule has 0 saturated carbocycles. The number of Topliss-reactive ketones (excluding diaryl/α,β-unsaturated/α-hetero) is 1. The zero-order chi connectivity index (χ0) is 17.1. The Kier molecular flexibility index (Phi) is 4.19. The predicted octanol–water partition coefficient (Wildman–Crippen LogP) is 0.650. The lowest BCUT2D eigenvalue weighted by Crippen LogP contribution is -2.42. The molecular formula is C16H15N5O3. The van der Waals surface area contributed by atoms with Gasteiger partial charge in [0.15, 0.2) is 11.7 Å². The summed E-state index contributed by atoms with van der Waals surface area (Å²) >= 11 is 0. The second-order valence-corrected chi connectivity index (χ2v) is 5.19. The van der Waals surface area contributed by atoms with Crippen LogP contribution in [0.2, 0.25) is 0 Å². The Labute approximate surface area is 137 Å². The first-order valence-electron chi connectivity index (χ1n) is 7.36. The summed E-state index contributed by atoms with van der Waals surface area (Å²) in [5, 5.41) is 7.96. The zero-order valence-electron chi connectivity index (χ0n) is 12.9. The number of benzene rings is 1. The second kappa shape index (κ2) is 6.45. The number of nitrogens with one attached hydrogen (secondary N) is 3. The van der Waals surface area contributed by atoms with Crippen LogP contribution in [0.25, 0.3) is 0 Å². The van der Waals surface area contributed by atoms with E-state index < -0.39 is 5.78 Å². The van der Waals surface area contributed by atoms with Crippen molar-refractivity contribution in [2.24, 2.45) is 9.98 Å². The highest BCUT2D eigenvalue weighted by Crippen LogP contribution is 2.24. The molecule has 0 fully saturated rings. The van der Waals surface area contributed by atoms with E-state index in [1.54, 1.807) is 12.1 Å². The number of hydrogen-bond donors (Lipinski definition) is 3. The van der Waals surface area contributed by atoms with Crippen molar-refractivity contribution in [1.82, 2.24) is 10.6 Å². The van der Waals surface area contributed by atoms with Gasteiger partial charge in [-0.1, -0.05) is 0 Å². The number of nitrogens with zero attached hydrogens (tertiary/aromatic N) is 2. The Balaban J connectivity index is 2.05. The van der Waals surface area contributed by atoms with Crippen LogP contribution in [0.1, 0.15) is 12.8 Å². The molecule has 0 unspecified atom stereocenters. The second-order valence-electron chi connectivity index (χ2n) is 5.19. The van der Waals surface area contributed by atoms with Crippen LogP contribution in [0.4, 0.5) is 11.4 Å². The first kappa shape index (κ1) is 15.6. The van der Waals surface area contributed by atoms with Gasteiger partial charge in [-0.05, 0) is 30.7 Å². The highest BCUT2D eigenvalue weighted by atomic mass is 16.2. The molecule has 0 aliphatic carbocycles. The SMILES string of the molecule is CNc1ccc(N=C2N=C(NC=O)C(=O)C3=C2NC(=O)CC3)cc1. The topological polar surface area (TPSA) is 112 Å². The van der Waals surface area contributed by atoms with Crippen LogP contribution in [-0.4, -0.2) is 36.8 Å². The zero-order valence-corrected chi connectivity index (χ0v) is 12.9. The van der Waals surface area contributed by atoms with Gasteiger partial charge in [0.25, 0.3) is 0 Å². The van der Waals surface area contributed by atoms with Crippen molar-refractivity contribution in [1.29, 1.82) is 0 Å². The molecule has 1 aromatic carbocycles. The van der Waals surface area contributed by atoms with Crippen LogP contribution in [0, 0.1) is 0 Å². The molecular weight excluding hydrogens is 310 g/mol. The minimum atomic E-state index is -0.401. The third-order valence-electron chi connectivity index (χ3n) is 3.69. The fraction of sp³-hybridized carbons (Fsp3) is 0.188. The van der Waals surface area contributed by atoms with Gasteiger partial charge in [0.05, 0.1) is 11.4 Å². The van der Waals surface area contributed by atoms with Gasteiger partial charge in [-0.25, -0.2) is 9.98 Å². The van der Waals surface area contributed by atoms with E-state index in [4.69, 9.17) is 0 Å². The summed E-state index contributed by atoms with van der Waals surface area (Å²) in [5.74, 6) is -0.493. The van der Waals surface area contributed by atoms with Gasteiger partial charge in [0.2, 0.25) is 18.1 Å². The number of carbonyl (C=O) groups excluding carboxylic acids is 3. The van der Waals surface area contributed by atoms with Crippen LogP contribution in [0.15, 0.2) is 45.5 Å². The molecule has 2 amide bonds. The van der Waals surface area contributed by atoms with Gasteiger partial charge in [0.1, 0.15) is 0 Å². The van der Waals surface area contributed by atoms with Gasteiger partial charge in [-0.15, -0.1) is 0 Å². The van der Waals surface area contributed by atoms with Crippen LogP contribution in [0.3, 0.4) is 0 Å². The molecule has 0 saturated heterocycles. The first-order valence-corrected chi connectivity index (χ1v) is 7.36. The fourth-order valence-electron chi connectivity index (χ4n) is 2.47. The molecule has 3 rings (SSSR count). The van der Waals surface area contributed by atoms with E-state index in [9.17, 15) is 14.4 Å². The van der Waals surface area contributed by atoms with Crippen molar-refractivity contribution in [2.75, 3.05) is 12.4 Å². The fourth-order valence-corrected chi connectivity index (χ4v) is 2.47. The highest BCUT2D eigenvalue weighted by Gasteiger charge is 2.32. The van der Waals surface area contributed by atoms with Gasteiger partial charge >= 0.3 is 0 Å². The number of carbonyl (C=O) groups is 3. The molecule has 2 aliphatic rings. The Morgan fingerprint density at radius 1 is 1.21 bits per heavy atom. The maximum absolute atomic E-state index is 12.3. The Bertz CT molecular complexity index is 806. The number of dihydropyridines is 1. The summed E-state index contributed by atoms with van der Waals surface area (Å²) in [6, 6.07) is 7.25. The number of amides is 2. The van der Waals surface area contributed by atoms with Gasteiger partial charge in [-0.2, -0.15) is 0 Å². The maximum Gasteiger partial charge on any atom is 0.226 e. The molecule has 8 nitrogen and oxygen atoms in total. The summed E-state index contributed by atoms with van der Waals surface area (Å²) in [6.07, 6.45) is 0.892.